The molecule has 3 aromatic heterocycles. The Labute approximate surface area is 190 Å². The summed E-state index contributed by atoms with van der Waals surface area (Å²) in [6.07, 6.45) is -1.98. The maximum absolute atomic E-state index is 10.6. The van der Waals surface area contributed by atoms with Crippen molar-refractivity contribution in [1.29, 1.82) is 0 Å². The van der Waals surface area contributed by atoms with E-state index in [1.807, 2.05) is 17.5 Å². The van der Waals surface area contributed by atoms with Crippen molar-refractivity contribution in [3.05, 3.63) is 51.4 Å². The summed E-state index contributed by atoms with van der Waals surface area (Å²) in [7, 11) is 0. The molecule has 3 aromatic rings. The van der Waals surface area contributed by atoms with Gasteiger partial charge in [-0.25, -0.2) is 9.78 Å². The number of halogens is 3. The standard InChI is InChI=1S/C19H21N3OS2.C2HF3O2/c1-14-4-5-15(25-14)10-21-7-6-19(12-21)13-22-16(17-3-2-8-24-17)9-20-18(22)11-23-19;3-2(4,5)1(6)7/h2-5,8-9H,6-7,10-13H2,1H3;(H,6,7). The number of hydrogen-bond donors (Lipinski definition) is 1. The fourth-order valence-electron chi connectivity index (χ4n) is 3.98. The van der Waals surface area contributed by atoms with Gasteiger partial charge in [0, 0.05) is 29.4 Å². The summed E-state index contributed by atoms with van der Waals surface area (Å²) in [5.41, 5.74) is 1.17. The van der Waals surface area contributed by atoms with Crippen LogP contribution < -0.4 is 0 Å². The molecule has 0 amide bonds. The molecule has 5 heterocycles. The van der Waals surface area contributed by atoms with Crippen molar-refractivity contribution in [1.82, 2.24) is 14.5 Å². The molecule has 0 aromatic carbocycles. The summed E-state index contributed by atoms with van der Waals surface area (Å²) in [5, 5.41) is 9.25. The lowest BCUT2D eigenvalue weighted by molar-refractivity contribution is -0.192. The normalized spacial score (nSPS) is 20.8. The molecule has 2 aliphatic heterocycles. The highest BCUT2D eigenvalue weighted by Gasteiger charge is 2.43. The van der Waals surface area contributed by atoms with Gasteiger partial charge in [-0.2, -0.15) is 13.2 Å². The van der Waals surface area contributed by atoms with E-state index in [0.29, 0.717) is 6.61 Å². The number of imidazole rings is 1. The van der Waals surface area contributed by atoms with Crippen LogP contribution in [0.25, 0.3) is 10.6 Å². The van der Waals surface area contributed by atoms with Gasteiger partial charge in [-0.15, -0.1) is 22.7 Å². The van der Waals surface area contributed by atoms with Crippen LogP contribution in [0.5, 0.6) is 0 Å². The second-order valence-electron chi connectivity index (χ2n) is 7.87. The maximum Gasteiger partial charge on any atom is 0.490 e. The number of carboxylic acid groups (broad SMARTS) is 1. The number of rotatable bonds is 3. The molecule has 0 bridgehead atoms. The molecule has 32 heavy (non-hydrogen) atoms. The summed E-state index contributed by atoms with van der Waals surface area (Å²) < 4.78 is 40.5. The molecule has 1 fully saturated rings. The first kappa shape index (κ1) is 23.0. The molecule has 0 radical (unpaired) electrons. The largest absolute Gasteiger partial charge is 0.490 e. The molecule has 2 aliphatic rings. The molecular weight excluding hydrogens is 463 g/mol. The Balaban J connectivity index is 0.000000307. The number of carbonyl (C=O) groups is 1. The van der Waals surface area contributed by atoms with E-state index in [1.54, 1.807) is 11.3 Å². The van der Waals surface area contributed by atoms with Crippen LogP contribution in [0.4, 0.5) is 13.2 Å². The molecule has 0 saturated carbocycles. The van der Waals surface area contributed by atoms with Crippen LogP contribution in [0.15, 0.2) is 35.8 Å². The molecule has 0 aliphatic carbocycles. The number of nitrogens with zero attached hydrogens (tertiary/aromatic N) is 3. The zero-order valence-corrected chi connectivity index (χ0v) is 18.9. The number of aromatic nitrogens is 2. The molecule has 5 rings (SSSR count). The highest BCUT2D eigenvalue weighted by atomic mass is 32.1. The van der Waals surface area contributed by atoms with Gasteiger partial charge in [-0.3, -0.25) is 4.90 Å². The number of alkyl halides is 3. The number of ether oxygens (including phenoxy) is 1. The molecule has 1 spiro atoms. The van der Waals surface area contributed by atoms with Gasteiger partial charge in [0.15, 0.2) is 0 Å². The Morgan fingerprint density at radius 1 is 1.31 bits per heavy atom. The van der Waals surface area contributed by atoms with Crippen molar-refractivity contribution < 1.29 is 27.8 Å². The Bertz CT molecular complexity index is 1080. The SMILES string of the molecule is Cc1ccc(CN2CCC3(C2)Cn2c(-c4cccs4)cnc2CO3)s1.O=C(O)C(F)(F)F. The van der Waals surface area contributed by atoms with E-state index in [0.717, 1.165) is 38.4 Å². The first-order valence-electron chi connectivity index (χ1n) is 9.95. The summed E-state index contributed by atoms with van der Waals surface area (Å²) in [6.45, 7) is 6.86. The number of likely N-dealkylation sites (tertiary alicyclic amines) is 1. The highest BCUT2D eigenvalue weighted by molar-refractivity contribution is 7.13. The average molecular weight is 486 g/mol. The number of fused-ring (bicyclic) bond motifs is 1. The van der Waals surface area contributed by atoms with Crippen LogP contribution in [-0.4, -0.2) is 50.4 Å². The lowest BCUT2D eigenvalue weighted by Crippen LogP contribution is -2.44. The third-order valence-corrected chi connectivity index (χ3v) is 7.36. The van der Waals surface area contributed by atoms with Crippen molar-refractivity contribution >= 4 is 28.6 Å². The minimum atomic E-state index is -5.08. The summed E-state index contributed by atoms with van der Waals surface area (Å²) in [4.78, 5) is 20.2. The van der Waals surface area contributed by atoms with Crippen molar-refractivity contribution in [3.63, 3.8) is 0 Å². The van der Waals surface area contributed by atoms with E-state index in [1.165, 1.54) is 20.3 Å². The number of hydrogen-bond acceptors (Lipinski definition) is 6. The smallest absolute Gasteiger partial charge is 0.475 e. The molecule has 1 N–H and O–H groups in total. The fourth-order valence-corrected chi connectivity index (χ4v) is 5.66. The summed E-state index contributed by atoms with van der Waals surface area (Å²) in [6, 6.07) is 8.76. The first-order chi connectivity index (χ1) is 15.2. The summed E-state index contributed by atoms with van der Waals surface area (Å²) >= 11 is 3.68. The molecular formula is C21H22F3N3O3S2. The van der Waals surface area contributed by atoms with Crippen LogP contribution >= 0.6 is 22.7 Å². The van der Waals surface area contributed by atoms with Gasteiger partial charge in [-0.1, -0.05) is 6.07 Å². The Morgan fingerprint density at radius 3 is 2.72 bits per heavy atom. The van der Waals surface area contributed by atoms with Gasteiger partial charge in [0.05, 0.1) is 23.3 Å². The van der Waals surface area contributed by atoms with Gasteiger partial charge < -0.3 is 14.4 Å². The van der Waals surface area contributed by atoms with Gasteiger partial charge in [0.2, 0.25) is 0 Å². The molecule has 1 atom stereocenters. The molecule has 11 heteroatoms. The molecule has 172 valence electrons. The van der Waals surface area contributed by atoms with Crippen LogP contribution in [0, 0.1) is 6.92 Å². The van der Waals surface area contributed by atoms with E-state index in [4.69, 9.17) is 14.6 Å². The number of aliphatic carboxylic acids is 1. The van der Waals surface area contributed by atoms with Crippen LogP contribution in [0.1, 0.15) is 22.0 Å². The summed E-state index contributed by atoms with van der Waals surface area (Å²) in [5.74, 6) is -1.70. The zero-order chi connectivity index (χ0) is 22.9. The quantitative estimate of drug-likeness (QED) is 0.578. The maximum atomic E-state index is 10.6. The number of carboxylic acids is 1. The lowest BCUT2D eigenvalue weighted by Gasteiger charge is -2.35. The highest BCUT2D eigenvalue weighted by Crippen LogP contribution is 2.36. The van der Waals surface area contributed by atoms with Crippen LogP contribution in [0.2, 0.25) is 0 Å². The van der Waals surface area contributed by atoms with E-state index in [9.17, 15) is 13.2 Å². The second kappa shape index (κ2) is 8.97. The molecule has 6 nitrogen and oxygen atoms in total. The van der Waals surface area contributed by atoms with E-state index in [2.05, 4.69) is 51.0 Å². The molecule has 1 saturated heterocycles. The molecule has 1 unspecified atom stereocenters. The zero-order valence-electron chi connectivity index (χ0n) is 17.3. The second-order valence-corrected chi connectivity index (χ2v) is 10.2. The average Bonchev–Trinajstić information content (AvgIpc) is 3.50. The van der Waals surface area contributed by atoms with Crippen LogP contribution in [-0.2, 0) is 29.2 Å². The minimum absolute atomic E-state index is 0.0635. The Morgan fingerprint density at radius 2 is 2.09 bits per heavy atom. The Hall–Kier alpha value is -2.21. The van der Waals surface area contributed by atoms with Crippen molar-refractivity contribution in [3.8, 4) is 10.6 Å². The van der Waals surface area contributed by atoms with Gasteiger partial charge in [-0.05, 0) is 36.9 Å². The third-order valence-electron chi connectivity index (χ3n) is 5.48. The van der Waals surface area contributed by atoms with Gasteiger partial charge in [0.25, 0.3) is 0 Å². The third kappa shape index (κ3) is 5.06. The Kier molecular flexibility index (Phi) is 6.44. The van der Waals surface area contributed by atoms with E-state index >= 15 is 0 Å². The predicted molar refractivity (Wildman–Crippen MR) is 116 cm³/mol. The van der Waals surface area contributed by atoms with E-state index < -0.39 is 12.1 Å². The lowest BCUT2D eigenvalue weighted by atomic mass is 10.0. The van der Waals surface area contributed by atoms with Crippen molar-refractivity contribution in [2.24, 2.45) is 0 Å². The van der Waals surface area contributed by atoms with Crippen molar-refractivity contribution in [2.45, 2.75) is 44.8 Å². The number of thiophene rings is 2. The van der Waals surface area contributed by atoms with Gasteiger partial charge >= 0.3 is 12.1 Å². The van der Waals surface area contributed by atoms with Crippen LogP contribution in [0.3, 0.4) is 0 Å². The van der Waals surface area contributed by atoms with E-state index in [-0.39, 0.29) is 5.60 Å². The fraction of sp³-hybridized carbons (Fsp3) is 0.429. The number of aryl methyl sites for hydroxylation is 1. The predicted octanol–water partition coefficient (Wildman–Crippen LogP) is 4.79. The topological polar surface area (TPSA) is 67.6 Å². The van der Waals surface area contributed by atoms with Crippen molar-refractivity contribution in [2.75, 3.05) is 13.1 Å². The first-order valence-corrected chi connectivity index (χ1v) is 11.6. The monoisotopic (exact) mass is 485 g/mol. The van der Waals surface area contributed by atoms with Gasteiger partial charge in [0.1, 0.15) is 18.0 Å². The minimum Gasteiger partial charge on any atom is -0.475 e.